The Labute approximate surface area is 219 Å². The molecule has 0 atom stereocenters. The molecule has 9 nitrogen and oxygen atoms in total. The molecule has 3 N–H and O–H groups in total. The van der Waals surface area contributed by atoms with E-state index in [2.05, 4.69) is 40.4 Å². The lowest BCUT2D eigenvalue weighted by Crippen LogP contribution is -2.28. The summed E-state index contributed by atoms with van der Waals surface area (Å²) in [5.41, 5.74) is 3.85. The van der Waals surface area contributed by atoms with Crippen molar-refractivity contribution < 1.29 is 13.6 Å². The van der Waals surface area contributed by atoms with Gasteiger partial charge in [0, 0.05) is 41.2 Å². The fourth-order valence-corrected chi connectivity index (χ4v) is 4.79. The number of hydrogen-bond donors (Lipinski definition) is 3. The number of nitrogens with one attached hydrogen (secondary N) is 3. The second-order valence-electron chi connectivity index (χ2n) is 9.51. The zero-order chi connectivity index (χ0) is 26.5. The molecule has 11 heteroatoms. The minimum atomic E-state index is -0.558. The lowest BCUT2D eigenvalue weighted by atomic mass is 9.85. The van der Waals surface area contributed by atoms with Gasteiger partial charge in [0.1, 0.15) is 22.8 Å². The topological polar surface area (TPSA) is 125 Å². The van der Waals surface area contributed by atoms with Crippen molar-refractivity contribution in [1.29, 1.82) is 0 Å². The van der Waals surface area contributed by atoms with Crippen LogP contribution in [0.25, 0.3) is 56.0 Å². The van der Waals surface area contributed by atoms with Gasteiger partial charge in [0.05, 0.1) is 28.5 Å². The Bertz CT molecular complexity index is 1890. The number of amides is 1. The fraction of sp³-hybridized carbons (Fsp3) is 0.143. The first-order chi connectivity index (χ1) is 19.0. The summed E-state index contributed by atoms with van der Waals surface area (Å²) in [5, 5.41) is 10.0. The number of anilines is 1. The van der Waals surface area contributed by atoms with Crippen LogP contribution in [-0.2, 0) is 4.79 Å². The molecule has 0 aliphatic heterocycles. The van der Waals surface area contributed by atoms with Crippen LogP contribution in [0.1, 0.15) is 19.3 Å². The first-order valence-electron chi connectivity index (χ1n) is 12.4. The SMILES string of the molecule is O=C(Nc1cncc(-c2cnc3n[nH]c(-c4nc5c(-c6cccc(F)c6)nccc5[nH]4)c3c2F)c1)C1CCC1. The monoisotopic (exact) mass is 522 g/mol. The van der Waals surface area contributed by atoms with Gasteiger partial charge in [-0.3, -0.25) is 19.9 Å². The highest BCUT2D eigenvalue weighted by molar-refractivity contribution is 5.97. The first kappa shape index (κ1) is 23.1. The Balaban J connectivity index is 1.30. The highest BCUT2D eigenvalue weighted by Crippen LogP contribution is 2.35. The van der Waals surface area contributed by atoms with Gasteiger partial charge in [-0.25, -0.2) is 18.7 Å². The van der Waals surface area contributed by atoms with Crippen molar-refractivity contribution in [3.8, 4) is 33.9 Å². The number of aromatic amines is 2. The number of rotatable bonds is 5. The van der Waals surface area contributed by atoms with Crippen LogP contribution in [0.15, 0.2) is 61.2 Å². The molecule has 1 aromatic carbocycles. The average Bonchev–Trinajstić information content (AvgIpc) is 3.52. The van der Waals surface area contributed by atoms with E-state index in [1.54, 1.807) is 30.5 Å². The minimum absolute atomic E-state index is 0.0114. The van der Waals surface area contributed by atoms with E-state index in [4.69, 9.17) is 0 Å². The summed E-state index contributed by atoms with van der Waals surface area (Å²) in [4.78, 5) is 33.2. The summed E-state index contributed by atoms with van der Waals surface area (Å²) in [6.07, 6.45) is 8.84. The summed E-state index contributed by atoms with van der Waals surface area (Å²) in [6.45, 7) is 0. The molecule has 39 heavy (non-hydrogen) atoms. The molecule has 1 aliphatic rings. The van der Waals surface area contributed by atoms with Crippen molar-refractivity contribution in [3.63, 3.8) is 0 Å². The predicted octanol–water partition coefficient (Wildman–Crippen LogP) is 5.64. The normalized spacial score (nSPS) is 13.6. The Morgan fingerprint density at radius 3 is 2.74 bits per heavy atom. The molecule has 0 unspecified atom stereocenters. The largest absolute Gasteiger partial charge is 0.337 e. The van der Waals surface area contributed by atoms with E-state index in [0.717, 1.165) is 19.3 Å². The van der Waals surface area contributed by atoms with Crippen LogP contribution in [0, 0.1) is 17.6 Å². The van der Waals surface area contributed by atoms with Crippen molar-refractivity contribution in [2.75, 3.05) is 5.32 Å². The molecule has 192 valence electrons. The van der Waals surface area contributed by atoms with Crippen LogP contribution in [0.2, 0.25) is 0 Å². The molecule has 1 aliphatic carbocycles. The van der Waals surface area contributed by atoms with Crippen molar-refractivity contribution in [1.82, 2.24) is 35.1 Å². The Morgan fingerprint density at radius 2 is 1.92 bits per heavy atom. The molecule has 5 aromatic heterocycles. The van der Waals surface area contributed by atoms with Crippen LogP contribution in [0.3, 0.4) is 0 Å². The second kappa shape index (κ2) is 9.05. The number of aromatic nitrogens is 7. The lowest BCUT2D eigenvalue weighted by Gasteiger charge is -2.24. The highest BCUT2D eigenvalue weighted by atomic mass is 19.1. The van der Waals surface area contributed by atoms with E-state index in [9.17, 15) is 9.18 Å². The molecule has 1 saturated carbocycles. The predicted molar refractivity (Wildman–Crippen MR) is 141 cm³/mol. The smallest absolute Gasteiger partial charge is 0.227 e. The minimum Gasteiger partial charge on any atom is -0.337 e. The van der Waals surface area contributed by atoms with Gasteiger partial charge in [-0.05, 0) is 37.1 Å². The molecule has 0 bridgehead atoms. The number of hydrogen-bond acceptors (Lipinski definition) is 6. The van der Waals surface area contributed by atoms with E-state index in [1.165, 1.54) is 30.7 Å². The van der Waals surface area contributed by atoms with Gasteiger partial charge in [-0.1, -0.05) is 18.6 Å². The van der Waals surface area contributed by atoms with Gasteiger partial charge in [0.25, 0.3) is 0 Å². The summed E-state index contributed by atoms with van der Waals surface area (Å²) in [7, 11) is 0. The molecule has 0 radical (unpaired) electrons. The van der Waals surface area contributed by atoms with Crippen molar-refractivity contribution in [3.05, 3.63) is 72.8 Å². The molecule has 0 spiro atoms. The third-order valence-electron chi connectivity index (χ3n) is 7.05. The third-order valence-corrected chi connectivity index (χ3v) is 7.05. The van der Waals surface area contributed by atoms with E-state index >= 15 is 4.39 Å². The second-order valence-corrected chi connectivity index (χ2v) is 9.51. The number of imidazole rings is 1. The number of H-pyrrole nitrogens is 2. The maximum atomic E-state index is 16.1. The molecule has 1 fully saturated rings. The number of fused-ring (bicyclic) bond motifs is 2. The van der Waals surface area contributed by atoms with E-state index in [1.807, 2.05) is 0 Å². The van der Waals surface area contributed by atoms with Crippen molar-refractivity contribution in [2.24, 2.45) is 5.92 Å². The van der Waals surface area contributed by atoms with Crippen LogP contribution >= 0.6 is 0 Å². The van der Waals surface area contributed by atoms with Crippen molar-refractivity contribution >= 4 is 33.7 Å². The number of nitrogens with zero attached hydrogens (tertiary/aromatic N) is 5. The Hall–Kier alpha value is -5.06. The Kier molecular flexibility index (Phi) is 5.36. The van der Waals surface area contributed by atoms with Crippen LogP contribution in [0.4, 0.5) is 14.5 Å². The van der Waals surface area contributed by atoms with E-state index < -0.39 is 5.82 Å². The van der Waals surface area contributed by atoms with Gasteiger partial charge in [0.2, 0.25) is 5.91 Å². The summed E-state index contributed by atoms with van der Waals surface area (Å²) in [6, 6.07) is 9.51. The molecular weight excluding hydrogens is 502 g/mol. The number of halogens is 2. The highest BCUT2D eigenvalue weighted by Gasteiger charge is 2.26. The number of carbonyl (C=O) groups excluding carboxylic acids is 1. The first-order valence-corrected chi connectivity index (χ1v) is 12.4. The zero-order valence-electron chi connectivity index (χ0n) is 20.4. The molecule has 5 heterocycles. The third kappa shape index (κ3) is 3.99. The maximum Gasteiger partial charge on any atom is 0.227 e. The molecule has 7 rings (SSSR count). The fourth-order valence-electron chi connectivity index (χ4n) is 4.79. The molecular formula is C28H20F2N8O. The maximum absolute atomic E-state index is 16.1. The standard InChI is InChI=1S/C28H20F2N8O/c29-17-6-2-5-15(9-17)23-24-20(7-8-32-23)35-27(36-24)25-21-22(30)19(13-33-26(21)38-37-25)16-10-18(12-31-11-16)34-28(39)14-3-1-4-14/h2,5-14H,1,3-4H2,(H,34,39)(H,35,36)(H,33,37,38). The van der Waals surface area contributed by atoms with Gasteiger partial charge < -0.3 is 10.3 Å². The zero-order valence-corrected chi connectivity index (χ0v) is 20.4. The summed E-state index contributed by atoms with van der Waals surface area (Å²) < 4.78 is 29.9. The number of carbonyl (C=O) groups is 1. The summed E-state index contributed by atoms with van der Waals surface area (Å²) in [5.74, 6) is -0.656. The van der Waals surface area contributed by atoms with E-state index in [-0.39, 0.29) is 34.2 Å². The quantitative estimate of drug-likeness (QED) is 0.269. The van der Waals surface area contributed by atoms with Gasteiger partial charge in [-0.15, -0.1) is 0 Å². The number of benzene rings is 1. The molecule has 6 aromatic rings. The van der Waals surface area contributed by atoms with E-state index in [0.29, 0.717) is 45.1 Å². The van der Waals surface area contributed by atoms with Crippen LogP contribution in [-0.4, -0.2) is 41.0 Å². The lowest BCUT2D eigenvalue weighted by molar-refractivity contribution is -0.122. The average molecular weight is 523 g/mol. The van der Waals surface area contributed by atoms with Crippen LogP contribution in [0.5, 0.6) is 0 Å². The van der Waals surface area contributed by atoms with Crippen LogP contribution < -0.4 is 5.32 Å². The van der Waals surface area contributed by atoms with Gasteiger partial charge in [-0.2, -0.15) is 5.10 Å². The van der Waals surface area contributed by atoms with Gasteiger partial charge in [0.15, 0.2) is 11.5 Å². The van der Waals surface area contributed by atoms with Gasteiger partial charge >= 0.3 is 0 Å². The molecule has 1 amide bonds. The molecule has 0 saturated heterocycles. The Morgan fingerprint density at radius 1 is 1.03 bits per heavy atom. The van der Waals surface area contributed by atoms with Crippen molar-refractivity contribution in [2.45, 2.75) is 19.3 Å². The number of pyridine rings is 3. The summed E-state index contributed by atoms with van der Waals surface area (Å²) >= 11 is 0.